The molecule has 2 N–H and O–H groups in total. The van der Waals surface area contributed by atoms with Gasteiger partial charge in [0, 0.05) is 22.7 Å². The summed E-state index contributed by atoms with van der Waals surface area (Å²) in [5.41, 5.74) is 1.87. The minimum Gasteiger partial charge on any atom is -0.469 e. The maximum absolute atomic E-state index is 14.9. The fourth-order valence-electron chi connectivity index (χ4n) is 6.09. The lowest BCUT2D eigenvalue weighted by Crippen LogP contribution is -2.40. The Morgan fingerprint density at radius 1 is 1.15 bits per heavy atom. The topological polar surface area (TPSA) is 129 Å². The predicted molar refractivity (Wildman–Crippen MR) is 143 cm³/mol. The summed E-state index contributed by atoms with van der Waals surface area (Å²) >= 11 is 0. The summed E-state index contributed by atoms with van der Waals surface area (Å²) in [7, 11) is 1.25. The maximum Gasteiger partial charge on any atom is 0.360 e. The Hall–Kier alpha value is -4.67. The zero-order chi connectivity index (χ0) is 28.6. The summed E-state index contributed by atoms with van der Waals surface area (Å²) in [6.45, 7) is 5.78. The number of esters is 1. The van der Waals surface area contributed by atoms with Gasteiger partial charge in [-0.1, -0.05) is 32.9 Å². The molecule has 0 saturated carbocycles. The van der Waals surface area contributed by atoms with E-state index in [4.69, 9.17) is 23.3 Å². The van der Waals surface area contributed by atoms with Crippen molar-refractivity contribution in [3.63, 3.8) is 0 Å². The van der Waals surface area contributed by atoms with Gasteiger partial charge in [0.05, 0.1) is 7.11 Å². The molecule has 41 heavy (non-hydrogen) atoms. The van der Waals surface area contributed by atoms with Crippen molar-refractivity contribution in [2.24, 2.45) is 11.8 Å². The van der Waals surface area contributed by atoms with Gasteiger partial charge in [0.15, 0.2) is 23.4 Å². The van der Waals surface area contributed by atoms with Gasteiger partial charge in [-0.3, -0.25) is 4.79 Å². The molecular formula is C30H27FN4O6. The highest BCUT2D eigenvalue weighted by Gasteiger charge is 2.61. The highest BCUT2D eigenvalue weighted by Crippen LogP contribution is 2.59. The van der Waals surface area contributed by atoms with Crippen LogP contribution in [0.1, 0.15) is 65.6 Å². The van der Waals surface area contributed by atoms with Gasteiger partial charge in [-0.05, 0) is 42.2 Å². The molecule has 0 radical (unpaired) electrons. The number of methoxy groups -OCH3 is 1. The Balaban J connectivity index is 1.57. The SMILES string of the molecule is COC(=O)c1coc(-c2nc3oc2[C@@]24c5cc(F)ccc5N[C@@H]2Oc2ccc(cc24)C[C@H](C)C(=O)N[C@H]3C(C)C)n1. The van der Waals surface area contributed by atoms with Crippen LogP contribution in [0.3, 0.4) is 0 Å². The first-order valence-corrected chi connectivity index (χ1v) is 13.4. The number of rotatable bonds is 3. The summed E-state index contributed by atoms with van der Waals surface area (Å²) in [6.07, 6.45) is 0.950. The number of aromatic nitrogens is 2. The van der Waals surface area contributed by atoms with Crippen LogP contribution in [0.5, 0.6) is 5.75 Å². The van der Waals surface area contributed by atoms with Crippen molar-refractivity contribution in [2.75, 3.05) is 12.4 Å². The van der Waals surface area contributed by atoms with Crippen molar-refractivity contribution in [3.05, 3.63) is 82.5 Å². The normalized spacial score (nSPS) is 24.0. The summed E-state index contributed by atoms with van der Waals surface area (Å²) < 4.78 is 38.6. The van der Waals surface area contributed by atoms with Crippen molar-refractivity contribution in [1.82, 2.24) is 15.3 Å². The molecule has 2 aromatic carbocycles. The minimum atomic E-state index is -1.20. The summed E-state index contributed by atoms with van der Waals surface area (Å²) in [5, 5.41) is 6.49. The maximum atomic E-state index is 14.9. The van der Waals surface area contributed by atoms with Crippen molar-refractivity contribution >= 4 is 17.6 Å². The van der Waals surface area contributed by atoms with Crippen LogP contribution < -0.4 is 15.4 Å². The number of hydrogen-bond acceptors (Lipinski definition) is 9. The van der Waals surface area contributed by atoms with Gasteiger partial charge in [-0.2, -0.15) is 0 Å². The number of ether oxygens (including phenoxy) is 2. The first-order chi connectivity index (χ1) is 19.7. The molecule has 3 aliphatic rings. The number of halogens is 1. The fourth-order valence-corrected chi connectivity index (χ4v) is 6.09. The lowest BCUT2D eigenvalue weighted by molar-refractivity contribution is -0.125. The van der Waals surface area contributed by atoms with E-state index in [0.29, 0.717) is 23.4 Å². The standard InChI is InChI=1S/C30H27FN4O6/c1-13(2)22-27-35-23(26-32-20(12-39-26)28(37)38-4)24(41-27)30-17-11-16(31)6-7-19(17)33-29(30)40-21-8-5-15(10-18(21)30)9-14(3)25(36)34-22/h5-8,10-14,22,29,33H,9H2,1-4H3,(H,34,36)/t14-,22-,29+,30-/m0/s1. The Labute approximate surface area is 234 Å². The molecule has 3 aliphatic heterocycles. The molecule has 5 heterocycles. The van der Waals surface area contributed by atoms with E-state index in [2.05, 4.69) is 15.6 Å². The fraction of sp³-hybridized carbons (Fsp3) is 0.333. The zero-order valence-electron chi connectivity index (χ0n) is 22.8. The lowest BCUT2D eigenvalue weighted by Gasteiger charge is -2.28. The van der Waals surface area contributed by atoms with E-state index in [1.54, 1.807) is 6.07 Å². The van der Waals surface area contributed by atoms with Crippen molar-refractivity contribution in [1.29, 1.82) is 0 Å². The summed E-state index contributed by atoms with van der Waals surface area (Å²) in [6, 6.07) is 9.68. The number of amides is 1. The van der Waals surface area contributed by atoms with Crippen molar-refractivity contribution in [2.45, 2.75) is 44.9 Å². The van der Waals surface area contributed by atoms with Gasteiger partial charge in [-0.25, -0.2) is 19.2 Å². The largest absolute Gasteiger partial charge is 0.469 e. The first kappa shape index (κ1) is 25.3. The lowest BCUT2D eigenvalue weighted by atomic mass is 9.72. The van der Waals surface area contributed by atoms with Gasteiger partial charge in [0.25, 0.3) is 0 Å². The number of carbonyl (C=O) groups is 2. The van der Waals surface area contributed by atoms with E-state index < -0.39 is 29.5 Å². The molecule has 10 nitrogen and oxygen atoms in total. The number of anilines is 1. The highest BCUT2D eigenvalue weighted by atomic mass is 19.1. The molecule has 0 saturated heterocycles. The van der Waals surface area contributed by atoms with Crippen LogP contribution in [-0.4, -0.2) is 35.2 Å². The molecule has 2 aromatic heterocycles. The molecular weight excluding hydrogens is 531 g/mol. The zero-order valence-corrected chi connectivity index (χ0v) is 22.8. The van der Waals surface area contributed by atoms with Gasteiger partial charge in [-0.15, -0.1) is 0 Å². The number of nitrogens with zero attached hydrogens (tertiary/aromatic N) is 2. The van der Waals surface area contributed by atoms with Crippen LogP contribution in [0.2, 0.25) is 0 Å². The quantitative estimate of drug-likeness (QED) is 0.343. The minimum absolute atomic E-state index is 0.00931. The molecule has 0 aliphatic carbocycles. The smallest absolute Gasteiger partial charge is 0.360 e. The van der Waals surface area contributed by atoms with Crippen LogP contribution in [0, 0.1) is 17.7 Å². The second kappa shape index (κ2) is 8.92. The third-order valence-corrected chi connectivity index (χ3v) is 8.12. The Bertz CT molecular complexity index is 1730. The summed E-state index contributed by atoms with van der Waals surface area (Å²) in [5.74, 6) is -0.589. The van der Waals surface area contributed by atoms with Crippen LogP contribution in [0.15, 0.2) is 51.5 Å². The molecule has 4 atom stereocenters. The van der Waals surface area contributed by atoms with Crippen LogP contribution in [0.4, 0.5) is 10.1 Å². The van der Waals surface area contributed by atoms with E-state index in [0.717, 1.165) is 11.1 Å². The second-order valence-corrected chi connectivity index (χ2v) is 11.1. The Morgan fingerprint density at radius 3 is 2.76 bits per heavy atom. The van der Waals surface area contributed by atoms with E-state index in [-0.39, 0.29) is 46.7 Å². The molecule has 1 amide bonds. The van der Waals surface area contributed by atoms with Crippen LogP contribution in [0.25, 0.3) is 11.6 Å². The van der Waals surface area contributed by atoms with E-state index in [9.17, 15) is 14.0 Å². The number of hydrogen-bond donors (Lipinski definition) is 2. The van der Waals surface area contributed by atoms with Crippen LogP contribution >= 0.6 is 0 Å². The third-order valence-electron chi connectivity index (χ3n) is 8.12. The average molecular weight is 559 g/mol. The average Bonchev–Trinajstić information content (AvgIpc) is 3.71. The van der Waals surface area contributed by atoms with Gasteiger partial charge < -0.3 is 28.9 Å². The third kappa shape index (κ3) is 3.61. The number of carbonyl (C=O) groups excluding carboxylic acids is 2. The number of nitrogens with one attached hydrogen (secondary N) is 2. The molecule has 4 aromatic rings. The predicted octanol–water partition coefficient (Wildman–Crippen LogP) is 4.74. The van der Waals surface area contributed by atoms with E-state index in [1.807, 2.05) is 39.0 Å². The van der Waals surface area contributed by atoms with Gasteiger partial charge in [0.2, 0.25) is 17.7 Å². The Morgan fingerprint density at radius 2 is 1.98 bits per heavy atom. The monoisotopic (exact) mass is 558 g/mol. The van der Waals surface area contributed by atoms with Crippen LogP contribution in [-0.2, 0) is 21.4 Å². The Kier molecular flexibility index (Phi) is 5.50. The molecule has 210 valence electrons. The summed E-state index contributed by atoms with van der Waals surface area (Å²) in [4.78, 5) is 34.7. The van der Waals surface area contributed by atoms with Gasteiger partial charge in [0.1, 0.15) is 29.3 Å². The first-order valence-electron chi connectivity index (χ1n) is 13.4. The molecule has 1 spiro atoms. The number of fused-ring (bicyclic) bond motifs is 4. The van der Waals surface area contributed by atoms with E-state index >= 15 is 0 Å². The second-order valence-electron chi connectivity index (χ2n) is 11.1. The molecule has 0 fully saturated rings. The molecule has 7 rings (SSSR count). The number of benzene rings is 2. The number of oxazole rings is 2. The van der Waals surface area contributed by atoms with Gasteiger partial charge >= 0.3 is 5.97 Å². The van der Waals surface area contributed by atoms with Crippen molar-refractivity contribution in [3.8, 4) is 17.3 Å². The molecule has 4 bridgehead atoms. The van der Waals surface area contributed by atoms with Crippen molar-refractivity contribution < 1.29 is 32.3 Å². The molecule has 11 heteroatoms. The molecule has 0 unspecified atom stereocenters. The van der Waals surface area contributed by atoms with E-state index in [1.165, 1.54) is 25.5 Å². The highest BCUT2D eigenvalue weighted by molar-refractivity contribution is 5.87.